The van der Waals surface area contributed by atoms with Crippen molar-refractivity contribution in [3.8, 4) is 0 Å². The van der Waals surface area contributed by atoms with Crippen LogP contribution in [0.15, 0.2) is 40.7 Å². The van der Waals surface area contributed by atoms with E-state index in [1.165, 1.54) is 11.1 Å². The van der Waals surface area contributed by atoms with Gasteiger partial charge in [0.25, 0.3) is 0 Å². The number of allylic oxidation sites excluding steroid dienone is 1. The van der Waals surface area contributed by atoms with Crippen molar-refractivity contribution in [2.75, 3.05) is 13.1 Å². The van der Waals surface area contributed by atoms with Crippen LogP contribution in [0.2, 0.25) is 0 Å². The predicted molar refractivity (Wildman–Crippen MR) is 117 cm³/mol. The second kappa shape index (κ2) is 8.73. The maximum absolute atomic E-state index is 11.9. The lowest BCUT2D eigenvalue weighted by atomic mass is 9.80. The Hall–Kier alpha value is -2.45. The van der Waals surface area contributed by atoms with Gasteiger partial charge < -0.3 is 21.7 Å². The molecule has 0 aromatic heterocycles. The van der Waals surface area contributed by atoms with E-state index in [1.807, 2.05) is 11.8 Å². The van der Waals surface area contributed by atoms with Crippen LogP contribution in [-0.4, -0.2) is 41.1 Å². The largest absolute Gasteiger partial charge is 0.352 e. The van der Waals surface area contributed by atoms with E-state index in [-0.39, 0.29) is 22.6 Å². The Labute approximate surface area is 177 Å². The van der Waals surface area contributed by atoms with Gasteiger partial charge >= 0.3 is 5.70 Å². The Kier molecular flexibility index (Phi) is 6.06. The second-order valence-electron chi connectivity index (χ2n) is 8.67. The van der Waals surface area contributed by atoms with Gasteiger partial charge in [0.2, 0.25) is 5.96 Å². The number of aliphatic imine (C=N–C) groups is 1. The number of nitrogens with one attached hydrogen (secondary N) is 1. The lowest BCUT2D eigenvalue weighted by Crippen LogP contribution is -2.57. The number of hydrogen-bond acceptors (Lipinski definition) is 7. The second-order valence-corrected chi connectivity index (χ2v) is 8.67. The summed E-state index contributed by atoms with van der Waals surface area (Å²) in [5, 5.41) is 15.5. The van der Waals surface area contributed by atoms with E-state index >= 15 is 0 Å². The fourth-order valence-electron chi connectivity index (χ4n) is 5.15. The first-order valence-electron chi connectivity index (χ1n) is 11.0. The zero-order chi connectivity index (χ0) is 21.3. The van der Waals surface area contributed by atoms with Crippen molar-refractivity contribution >= 4 is 5.96 Å². The van der Waals surface area contributed by atoms with Gasteiger partial charge in [0, 0.05) is 18.5 Å². The molecular formula is C22H32N6O2. The monoisotopic (exact) mass is 412 g/mol. The van der Waals surface area contributed by atoms with Gasteiger partial charge in [0.1, 0.15) is 5.70 Å². The van der Waals surface area contributed by atoms with Crippen LogP contribution in [-0.2, 0) is 12.8 Å². The van der Waals surface area contributed by atoms with Crippen molar-refractivity contribution in [1.82, 2.24) is 10.2 Å². The van der Waals surface area contributed by atoms with Gasteiger partial charge in [-0.25, -0.2) is 4.99 Å². The molecule has 3 aliphatic rings. The molecule has 0 bridgehead atoms. The fourth-order valence-corrected chi connectivity index (χ4v) is 5.15. The molecule has 1 aromatic rings. The average molecular weight is 413 g/mol. The number of nitro groups is 1. The summed E-state index contributed by atoms with van der Waals surface area (Å²) in [5.74, 6) is 1.24. The smallest absolute Gasteiger partial charge is 0.304 e. The summed E-state index contributed by atoms with van der Waals surface area (Å²) in [6, 6.07) is 8.67. The van der Waals surface area contributed by atoms with Gasteiger partial charge in [0.05, 0.1) is 4.92 Å². The van der Waals surface area contributed by atoms with Crippen molar-refractivity contribution < 1.29 is 4.92 Å². The molecule has 1 atom stereocenters. The van der Waals surface area contributed by atoms with Crippen LogP contribution in [0.4, 0.5) is 0 Å². The summed E-state index contributed by atoms with van der Waals surface area (Å²) in [6.07, 6.45) is 4.76. The summed E-state index contributed by atoms with van der Waals surface area (Å²) < 4.78 is 0. The highest BCUT2D eigenvalue weighted by Crippen LogP contribution is 2.37. The lowest BCUT2D eigenvalue weighted by Gasteiger charge is -2.36. The van der Waals surface area contributed by atoms with Crippen LogP contribution < -0.4 is 16.8 Å². The van der Waals surface area contributed by atoms with Gasteiger partial charge in [-0.05, 0) is 69.0 Å². The minimum Gasteiger partial charge on any atom is -0.352 e. The Bertz CT molecular complexity index is 834. The van der Waals surface area contributed by atoms with Crippen LogP contribution in [0.3, 0.4) is 0 Å². The molecule has 0 spiro atoms. The summed E-state index contributed by atoms with van der Waals surface area (Å²) in [4.78, 5) is 18.3. The molecule has 2 aliphatic carbocycles. The number of rotatable bonds is 5. The number of hydrogen-bond donors (Lipinski definition) is 3. The highest BCUT2D eigenvalue weighted by atomic mass is 16.6. The first-order chi connectivity index (χ1) is 14.5. The standard InChI is InChI=1S/C22H32N6O2/c1-2-27-21(24)20(28(29)30)19(15-9-7-14(13-23)8-10-15)26-22(27)25-18-11-16-5-3-4-6-17(16)12-18/h3-6,14-15,18,21H,2,7-13,23-24H2,1H3,(H,25,26). The van der Waals surface area contributed by atoms with E-state index in [1.54, 1.807) is 0 Å². The van der Waals surface area contributed by atoms with Crippen LogP contribution in [0.5, 0.6) is 0 Å². The quantitative estimate of drug-likeness (QED) is 0.502. The third-order valence-corrected chi connectivity index (χ3v) is 6.87. The maximum atomic E-state index is 11.9. The first-order valence-corrected chi connectivity index (χ1v) is 11.0. The van der Waals surface area contributed by atoms with Gasteiger partial charge in [-0.3, -0.25) is 10.1 Å². The van der Waals surface area contributed by atoms with Gasteiger partial charge in [-0.2, -0.15) is 0 Å². The van der Waals surface area contributed by atoms with E-state index in [2.05, 4.69) is 29.6 Å². The zero-order valence-electron chi connectivity index (χ0n) is 17.6. The molecule has 8 heteroatoms. The van der Waals surface area contributed by atoms with E-state index < -0.39 is 6.17 Å². The molecule has 162 valence electrons. The predicted octanol–water partition coefficient (Wildman–Crippen LogP) is 1.97. The number of guanidine groups is 1. The molecule has 0 amide bonds. The highest BCUT2D eigenvalue weighted by molar-refractivity contribution is 5.83. The Balaban J connectivity index is 1.61. The van der Waals surface area contributed by atoms with Crippen molar-refractivity contribution in [2.45, 2.75) is 57.7 Å². The van der Waals surface area contributed by atoms with E-state index in [0.29, 0.717) is 30.7 Å². The number of fused-ring (bicyclic) bond motifs is 1. The van der Waals surface area contributed by atoms with E-state index in [4.69, 9.17) is 16.5 Å². The number of nitrogens with two attached hydrogens (primary N) is 2. The normalized spacial score (nSPS) is 27.1. The molecule has 1 fully saturated rings. The zero-order valence-corrected chi connectivity index (χ0v) is 17.6. The van der Waals surface area contributed by atoms with Crippen molar-refractivity contribution in [1.29, 1.82) is 0 Å². The lowest BCUT2D eigenvalue weighted by molar-refractivity contribution is -0.434. The van der Waals surface area contributed by atoms with Gasteiger partial charge in [-0.1, -0.05) is 24.3 Å². The Morgan fingerprint density at radius 1 is 1.20 bits per heavy atom. The molecule has 8 nitrogen and oxygen atoms in total. The SMILES string of the molecule is CCN1C(NC2Cc3ccccc3C2)=NC(C2CCC(CN)CC2)=C([N+](=O)[O-])C1N. The number of likely N-dealkylation sites (N-methyl/N-ethyl adjacent to an activating group) is 1. The number of benzene rings is 1. The summed E-state index contributed by atoms with van der Waals surface area (Å²) in [7, 11) is 0. The summed E-state index contributed by atoms with van der Waals surface area (Å²) in [5.41, 5.74) is 15.6. The minimum atomic E-state index is -0.795. The minimum absolute atomic E-state index is 0.0494. The number of nitrogens with zero attached hydrogens (tertiary/aromatic N) is 3. The topological polar surface area (TPSA) is 123 Å². The average Bonchev–Trinajstić information content (AvgIpc) is 3.15. The molecule has 1 heterocycles. The van der Waals surface area contributed by atoms with E-state index in [9.17, 15) is 10.1 Å². The third kappa shape index (κ3) is 3.94. The molecule has 0 saturated heterocycles. The van der Waals surface area contributed by atoms with Gasteiger partial charge in [-0.15, -0.1) is 0 Å². The van der Waals surface area contributed by atoms with Crippen LogP contribution >= 0.6 is 0 Å². The van der Waals surface area contributed by atoms with E-state index in [0.717, 1.165) is 38.5 Å². The molecule has 1 saturated carbocycles. The van der Waals surface area contributed by atoms with Crippen molar-refractivity contribution in [3.63, 3.8) is 0 Å². The fraction of sp³-hybridized carbons (Fsp3) is 0.591. The Morgan fingerprint density at radius 2 is 1.83 bits per heavy atom. The highest BCUT2D eigenvalue weighted by Gasteiger charge is 2.41. The van der Waals surface area contributed by atoms with Crippen molar-refractivity contribution in [2.24, 2.45) is 28.3 Å². The molecule has 30 heavy (non-hydrogen) atoms. The van der Waals surface area contributed by atoms with Crippen LogP contribution in [0.1, 0.15) is 43.7 Å². The van der Waals surface area contributed by atoms with Crippen molar-refractivity contribution in [3.05, 3.63) is 56.9 Å². The summed E-state index contributed by atoms with van der Waals surface area (Å²) in [6.45, 7) is 3.18. The molecule has 5 N–H and O–H groups in total. The molecular weight excluding hydrogens is 380 g/mol. The third-order valence-electron chi connectivity index (χ3n) is 6.87. The Morgan fingerprint density at radius 3 is 2.37 bits per heavy atom. The molecule has 4 rings (SSSR count). The molecule has 1 aromatic carbocycles. The summed E-state index contributed by atoms with van der Waals surface area (Å²) >= 11 is 0. The molecule has 1 unspecified atom stereocenters. The van der Waals surface area contributed by atoms with Crippen LogP contribution in [0, 0.1) is 22.0 Å². The van der Waals surface area contributed by atoms with Gasteiger partial charge in [0.15, 0.2) is 6.17 Å². The molecule has 0 radical (unpaired) electrons. The first kappa shape index (κ1) is 20.8. The van der Waals surface area contributed by atoms with Crippen LogP contribution in [0.25, 0.3) is 0 Å². The maximum Gasteiger partial charge on any atom is 0.304 e. The molecule has 1 aliphatic heterocycles.